The molecule has 0 amide bonds. The lowest BCUT2D eigenvalue weighted by Gasteiger charge is -2.22. The molecular weight excluding hydrogens is 260 g/mol. The van der Waals surface area contributed by atoms with Crippen LogP contribution in [0.2, 0.25) is 0 Å². The second-order valence-corrected chi connectivity index (χ2v) is 5.64. The van der Waals surface area contributed by atoms with E-state index in [-0.39, 0.29) is 49.8 Å². The summed E-state index contributed by atoms with van der Waals surface area (Å²) >= 11 is 0. The third-order valence-corrected chi connectivity index (χ3v) is 3.20. The molecule has 1 rings (SSSR count). The molecule has 5 heteroatoms. The van der Waals surface area contributed by atoms with Crippen LogP contribution in [0.4, 0.5) is 0 Å². The molecule has 0 aliphatic carbocycles. The minimum atomic E-state index is -1.20. The Labute approximate surface area is 118 Å². The molecule has 2 atom stereocenters. The molecule has 0 saturated heterocycles. The van der Waals surface area contributed by atoms with E-state index < -0.39 is 5.60 Å². The standard InChI is InChI=1S/C15H22O5/c1-11(9-16)7-13(17)8-15(2,19)5-3-14(18)12-4-6-20-10-12/h4,6,10-11,16,19H,3,5,7-9H2,1-2H3. The molecule has 1 aromatic rings. The summed E-state index contributed by atoms with van der Waals surface area (Å²) in [6.07, 6.45) is 3.40. The van der Waals surface area contributed by atoms with Crippen molar-refractivity contribution in [3.8, 4) is 0 Å². The molecule has 0 aromatic carbocycles. The van der Waals surface area contributed by atoms with Gasteiger partial charge in [0.1, 0.15) is 12.0 Å². The number of carbonyl (C=O) groups is 2. The SMILES string of the molecule is CC(CO)CC(=O)CC(C)(O)CCC(=O)c1ccoc1. The average Bonchev–Trinajstić information content (AvgIpc) is 2.88. The first-order valence-corrected chi connectivity index (χ1v) is 6.74. The minimum Gasteiger partial charge on any atom is -0.472 e. The second kappa shape index (κ2) is 7.36. The number of aliphatic hydroxyl groups excluding tert-OH is 1. The number of furan rings is 1. The van der Waals surface area contributed by atoms with Gasteiger partial charge in [-0.05, 0) is 25.3 Å². The highest BCUT2D eigenvalue weighted by Gasteiger charge is 2.26. The molecule has 0 aliphatic rings. The van der Waals surface area contributed by atoms with Crippen molar-refractivity contribution in [1.82, 2.24) is 0 Å². The Morgan fingerprint density at radius 2 is 2.15 bits per heavy atom. The molecule has 20 heavy (non-hydrogen) atoms. The van der Waals surface area contributed by atoms with E-state index in [4.69, 9.17) is 9.52 Å². The van der Waals surface area contributed by atoms with Gasteiger partial charge in [0.15, 0.2) is 5.78 Å². The molecule has 112 valence electrons. The van der Waals surface area contributed by atoms with E-state index in [1.54, 1.807) is 19.9 Å². The quantitative estimate of drug-likeness (QED) is 0.676. The molecule has 0 bridgehead atoms. The zero-order valence-corrected chi connectivity index (χ0v) is 12.0. The lowest BCUT2D eigenvalue weighted by atomic mass is 9.89. The van der Waals surface area contributed by atoms with Crippen molar-refractivity contribution in [1.29, 1.82) is 0 Å². The Hall–Kier alpha value is -1.46. The van der Waals surface area contributed by atoms with E-state index >= 15 is 0 Å². The van der Waals surface area contributed by atoms with Crippen molar-refractivity contribution in [3.05, 3.63) is 24.2 Å². The van der Waals surface area contributed by atoms with Crippen LogP contribution in [0, 0.1) is 5.92 Å². The molecule has 5 nitrogen and oxygen atoms in total. The van der Waals surface area contributed by atoms with E-state index in [0.29, 0.717) is 5.56 Å². The predicted molar refractivity (Wildman–Crippen MR) is 73.4 cm³/mol. The molecule has 0 spiro atoms. The number of carbonyl (C=O) groups excluding carboxylic acids is 2. The minimum absolute atomic E-state index is 0.00396. The van der Waals surface area contributed by atoms with Gasteiger partial charge >= 0.3 is 0 Å². The van der Waals surface area contributed by atoms with E-state index in [9.17, 15) is 14.7 Å². The first-order valence-electron chi connectivity index (χ1n) is 6.74. The Balaban J connectivity index is 2.41. The highest BCUT2D eigenvalue weighted by atomic mass is 16.3. The smallest absolute Gasteiger partial charge is 0.166 e. The second-order valence-electron chi connectivity index (χ2n) is 5.64. The lowest BCUT2D eigenvalue weighted by molar-refractivity contribution is -0.124. The van der Waals surface area contributed by atoms with Crippen molar-refractivity contribution in [3.63, 3.8) is 0 Å². The highest BCUT2D eigenvalue weighted by Crippen LogP contribution is 2.21. The third kappa shape index (κ3) is 5.67. The van der Waals surface area contributed by atoms with Gasteiger partial charge in [-0.1, -0.05) is 6.92 Å². The molecule has 2 unspecified atom stereocenters. The topological polar surface area (TPSA) is 87.7 Å². The van der Waals surface area contributed by atoms with Crippen LogP contribution < -0.4 is 0 Å². The van der Waals surface area contributed by atoms with Crippen LogP contribution in [-0.2, 0) is 4.79 Å². The number of aliphatic hydroxyl groups is 2. The first kappa shape index (κ1) is 16.6. The summed E-state index contributed by atoms with van der Waals surface area (Å²) in [5.41, 5.74) is -0.730. The molecular formula is C15H22O5. The van der Waals surface area contributed by atoms with Crippen molar-refractivity contribution in [2.24, 2.45) is 5.92 Å². The lowest BCUT2D eigenvalue weighted by Crippen LogP contribution is -2.29. The predicted octanol–water partition coefficient (Wildman–Crippen LogP) is 1.97. The number of hydrogen-bond acceptors (Lipinski definition) is 5. The molecule has 2 N–H and O–H groups in total. The van der Waals surface area contributed by atoms with Gasteiger partial charge in [-0.3, -0.25) is 9.59 Å². The fraction of sp³-hybridized carbons (Fsp3) is 0.600. The van der Waals surface area contributed by atoms with Crippen molar-refractivity contribution in [2.45, 2.75) is 45.1 Å². The zero-order chi connectivity index (χ0) is 15.2. The Morgan fingerprint density at radius 1 is 1.45 bits per heavy atom. The van der Waals surface area contributed by atoms with Crippen molar-refractivity contribution >= 4 is 11.6 Å². The van der Waals surface area contributed by atoms with Gasteiger partial charge in [-0.25, -0.2) is 0 Å². The summed E-state index contributed by atoms with van der Waals surface area (Å²) in [4.78, 5) is 23.5. The molecule has 0 aliphatic heterocycles. The fourth-order valence-corrected chi connectivity index (χ4v) is 1.99. The van der Waals surface area contributed by atoms with Crippen LogP contribution in [0.3, 0.4) is 0 Å². The maximum atomic E-state index is 11.8. The van der Waals surface area contributed by atoms with Crippen LogP contribution in [-0.4, -0.2) is 34.0 Å². The summed E-state index contributed by atoms with van der Waals surface area (Å²) in [5.74, 6) is -0.326. The number of hydrogen-bond donors (Lipinski definition) is 2. The van der Waals surface area contributed by atoms with E-state index in [2.05, 4.69) is 0 Å². The molecule has 0 saturated carbocycles. The van der Waals surface area contributed by atoms with E-state index in [1.165, 1.54) is 12.5 Å². The Bertz CT molecular complexity index is 433. The zero-order valence-electron chi connectivity index (χ0n) is 12.0. The van der Waals surface area contributed by atoms with Crippen molar-refractivity contribution in [2.75, 3.05) is 6.61 Å². The fourth-order valence-electron chi connectivity index (χ4n) is 1.99. The van der Waals surface area contributed by atoms with Gasteiger partial charge in [0.05, 0.1) is 17.4 Å². The van der Waals surface area contributed by atoms with Gasteiger partial charge in [-0.15, -0.1) is 0 Å². The maximum absolute atomic E-state index is 11.8. The summed E-state index contributed by atoms with van der Waals surface area (Å²) in [6.45, 7) is 3.28. The van der Waals surface area contributed by atoms with Crippen LogP contribution in [0.15, 0.2) is 23.0 Å². The van der Waals surface area contributed by atoms with Crippen LogP contribution >= 0.6 is 0 Å². The summed E-state index contributed by atoms with van der Waals surface area (Å²) in [5, 5.41) is 19.1. The maximum Gasteiger partial charge on any atom is 0.166 e. The Morgan fingerprint density at radius 3 is 2.70 bits per heavy atom. The van der Waals surface area contributed by atoms with Gasteiger partial charge in [0, 0.05) is 25.9 Å². The largest absolute Gasteiger partial charge is 0.472 e. The average molecular weight is 282 g/mol. The van der Waals surface area contributed by atoms with Crippen LogP contribution in [0.5, 0.6) is 0 Å². The monoisotopic (exact) mass is 282 g/mol. The van der Waals surface area contributed by atoms with Gasteiger partial charge < -0.3 is 14.6 Å². The van der Waals surface area contributed by atoms with Crippen LogP contribution in [0.1, 0.15) is 49.9 Å². The summed E-state index contributed by atoms with van der Waals surface area (Å²) < 4.78 is 4.83. The molecule has 1 aromatic heterocycles. The van der Waals surface area contributed by atoms with Crippen LogP contribution in [0.25, 0.3) is 0 Å². The Kier molecular flexibility index (Phi) is 6.10. The normalized spacial score (nSPS) is 15.6. The summed E-state index contributed by atoms with van der Waals surface area (Å²) in [6, 6.07) is 1.57. The van der Waals surface area contributed by atoms with E-state index in [0.717, 1.165) is 0 Å². The van der Waals surface area contributed by atoms with Gasteiger partial charge in [-0.2, -0.15) is 0 Å². The van der Waals surface area contributed by atoms with Crippen molar-refractivity contribution < 1.29 is 24.2 Å². The van der Waals surface area contributed by atoms with E-state index in [1.807, 2.05) is 0 Å². The molecule has 1 heterocycles. The number of rotatable bonds is 9. The molecule has 0 fully saturated rings. The molecule has 0 radical (unpaired) electrons. The number of Topliss-reactive ketones (excluding diaryl/α,β-unsaturated/α-hetero) is 2. The van der Waals surface area contributed by atoms with Gasteiger partial charge in [0.25, 0.3) is 0 Å². The summed E-state index contributed by atoms with van der Waals surface area (Å²) in [7, 11) is 0. The number of ketones is 2. The highest BCUT2D eigenvalue weighted by molar-refractivity contribution is 5.95. The third-order valence-electron chi connectivity index (χ3n) is 3.20. The van der Waals surface area contributed by atoms with Gasteiger partial charge in [0.2, 0.25) is 0 Å². The first-order chi connectivity index (χ1) is 9.34.